The van der Waals surface area contributed by atoms with Crippen molar-refractivity contribution in [3.05, 3.63) is 18.0 Å². The largest absolute Gasteiger partial charge is 0.481 e. The van der Waals surface area contributed by atoms with Crippen LogP contribution in [0.25, 0.3) is 0 Å². The normalized spacial score (nSPS) is 26.3. The third kappa shape index (κ3) is 4.66. The van der Waals surface area contributed by atoms with Crippen LogP contribution in [0.1, 0.15) is 50.0 Å². The Morgan fingerprint density at radius 1 is 1.12 bits per heavy atom. The van der Waals surface area contributed by atoms with E-state index in [1.54, 1.807) is 12.4 Å². The molecule has 1 aromatic heterocycles. The predicted molar refractivity (Wildman–Crippen MR) is 88.4 cm³/mol. The van der Waals surface area contributed by atoms with E-state index in [2.05, 4.69) is 15.3 Å². The van der Waals surface area contributed by atoms with Crippen molar-refractivity contribution in [1.29, 1.82) is 0 Å². The van der Waals surface area contributed by atoms with Gasteiger partial charge in [-0.2, -0.15) is 0 Å². The molecular weight excluding hydrogens is 350 g/mol. The number of carboxylic acids is 1. The Hall–Kier alpha value is -2.22. The summed E-state index contributed by atoms with van der Waals surface area (Å²) in [6, 6.07) is 0.227. The summed E-state index contributed by atoms with van der Waals surface area (Å²) in [6.45, 7) is 0. The van der Waals surface area contributed by atoms with Crippen LogP contribution in [0.15, 0.2) is 12.4 Å². The first-order valence-corrected chi connectivity index (χ1v) is 8.08. The molecule has 2 aliphatic rings. The highest BCUT2D eigenvalue weighted by Gasteiger charge is 2.29. The van der Waals surface area contributed by atoms with Crippen molar-refractivity contribution in [2.45, 2.75) is 50.5 Å². The molecule has 136 valence electrons. The van der Waals surface area contributed by atoms with Crippen LogP contribution >= 0.6 is 12.4 Å². The number of imide groups is 1. The summed E-state index contributed by atoms with van der Waals surface area (Å²) in [7, 11) is 0. The molecule has 0 bridgehead atoms. The minimum absolute atomic E-state index is 0. The average molecular weight is 370 g/mol. The van der Waals surface area contributed by atoms with E-state index < -0.39 is 11.9 Å². The Bertz CT molecular complexity index is 644. The summed E-state index contributed by atoms with van der Waals surface area (Å²) in [4.78, 5) is 42.2. The van der Waals surface area contributed by atoms with Crippen LogP contribution in [0.3, 0.4) is 0 Å². The molecule has 8 nitrogen and oxygen atoms in total. The third-order valence-electron chi connectivity index (χ3n) is 4.59. The molecular formula is C16H20ClN3O5. The fourth-order valence-electron chi connectivity index (χ4n) is 3.16. The van der Waals surface area contributed by atoms with Gasteiger partial charge in [0.05, 0.1) is 11.8 Å². The molecule has 3 rings (SSSR count). The van der Waals surface area contributed by atoms with Gasteiger partial charge in [0.2, 0.25) is 11.8 Å². The van der Waals surface area contributed by atoms with Crippen molar-refractivity contribution in [2.24, 2.45) is 5.92 Å². The van der Waals surface area contributed by atoms with Crippen molar-refractivity contribution < 1.29 is 24.2 Å². The second-order valence-electron chi connectivity index (χ2n) is 6.23. The van der Waals surface area contributed by atoms with Crippen LogP contribution in [0.5, 0.6) is 6.01 Å². The van der Waals surface area contributed by atoms with Gasteiger partial charge in [-0.1, -0.05) is 0 Å². The molecule has 1 aliphatic carbocycles. The Kier molecular flexibility index (Phi) is 6.30. The van der Waals surface area contributed by atoms with E-state index in [1.807, 2.05) is 0 Å². The molecule has 1 aliphatic heterocycles. The second kappa shape index (κ2) is 8.24. The van der Waals surface area contributed by atoms with Crippen LogP contribution in [0, 0.1) is 5.92 Å². The summed E-state index contributed by atoms with van der Waals surface area (Å²) >= 11 is 0. The van der Waals surface area contributed by atoms with Crippen LogP contribution in [0.4, 0.5) is 0 Å². The Balaban J connectivity index is 0.00000225. The zero-order valence-corrected chi connectivity index (χ0v) is 14.3. The van der Waals surface area contributed by atoms with E-state index in [1.165, 1.54) is 0 Å². The van der Waals surface area contributed by atoms with Crippen molar-refractivity contribution in [3.8, 4) is 6.01 Å². The van der Waals surface area contributed by atoms with Gasteiger partial charge in [0, 0.05) is 24.4 Å². The van der Waals surface area contributed by atoms with Gasteiger partial charge in [-0.25, -0.2) is 9.97 Å². The lowest BCUT2D eigenvalue weighted by atomic mass is 9.87. The standard InChI is InChI=1S/C16H19N3O5.ClH/c20-13-6-5-12(14(21)19-13)10-7-17-16(18-8-10)24-11-3-1-9(2-4-11)15(22)23;/h7-9,11-12H,1-6H2,(H,22,23)(H,19,20,21);1H. The zero-order valence-electron chi connectivity index (χ0n) is 13.5. The quantitative estimate of drug-likeness (QED) is 0.771. The number of piperidine rings is 1. The van der Waals surface area contributed by atoms with E-state index in [4.69, 9.17) is 9.84 Å². The maximum Gasteiger partial charge on any atom is 0.316 e. The molecule has 1 saturated carbocycles. The molecule has 25 heavy (non-hydrogen) atoms. The zero-order chi connectivity index (χ0) is 17.1. The smallest absolute Gasteiger partial charge is 0.316 e. The van der Waals surface area contributed by atoms with Crippen LogP contribution in [-0.4, -0.2) is 39.0 Å². The molecule has 0 spiro atoms. The third-order valence-corrected chi connectivity index (χ3v) is 4.59. The van der Waals surface area contributed by atoms with Crippen LogP contribution in [0.2, 0.25) is 0 Å². The maximum absolute atomic E-state index is 11.8. The van der Waals surface area contributed by atoms with Gasteiger partial charge in [-0.15, -0.1) is 12.4 Å². The number of carbonyl (C=O) groups excluding carboxylic acids is 2. The highest BCUT2D eigenvalue weighted by Crippen LogP contribution is 2.28. The first kappa shape index (κ1) is 19.1. The minimum atomic E-state index is -0.752. The molecule has 2 fully saturated rings. The number of nitrogens with one attached hydrogen (secondary N) is 1. The Morgan fingerprint density at radius 2 is 1.76 bits per heavy atom. The van der Waals surface area contributed by atoms with Gasteiger partial charge in [0.15, 0.2) is 0 Å². The van der Waals surface area contributed by atoms with E-state index in [0.717, 1.165) is 0 Å². The number of amides is 2. The summed E-state index contributed by atoms with van der Waals surface area (Å²) in [5.41, 5.74) is 0.655. The van der Waals surface area contributed by atoms with Crippen molar-refractivity contribution in [2.75, 3.05) is 0 Å². The molecule has 0 radical (unpaired) electrons. The predicted octanol–water partition coefficient (Wildman–Crippen LogP) is 1.44. The second-order valence-corrected chi connectivity index (χ2v) is 6.23. The molecule has 2 N–H and O–H groups in total. The average Bonchev–Trinajstić information content (AvgIpc) is 2.56. The number of aliphatic carboxylic acids is 1. The first-order valence-electron chi connectivity index (χ1n) is 8.08. The van der Waals surface area contributed by atoms with Gasteiger partial charge >= 0.3 is 12.0 Å². The van der Waals surface area contributed by atoms with Crippen molar-refractivity contribution >= 4 is 30.2 Å². The monoisotopic (exact) mass is 369 g/mol. The van der Waals surface area contributed by atoms with E-state index in [9.17, 15) is 14.4 Å². The van der Waals surface area contributed by atoms with Crippen molar-refractivity contribution in [1.82, 2.24) is 15.3 Å². The van der Waals surface area contributed by atoms with Gasteiger partial charge in [0.1, 0.15) is 6.10 Å². The molecule has 2 heterocycles. The summed E-state index contributed by atoms with van der Waals surface area (Å²) in [5, 5.41) is 11.3. The molecule has 1 saturated heterocycles. The van der Waals surface area contributed by atoms with E-state index >= 15 is 0 Å². The molecule has 1 unspecified atom stereocenters. The number of hydrogen-bond acceptors (Lipinski definition) is 6. The molecule has 1 atom stereocenters. The molecule has 2 amide bonds. The van der Waals surface area contributed by atoms with Crippen LogP contribution in [-0.2, 0) is 14.4 Å². The number of ether oxygens (including phenoxy) is 1. The molecule has 9 heteroatoms. The Morgan fingerprint density at radius 3 is 2.32 bits per heavy atom. The van der Waals surface area contributed by atoms with Gasteiger partial charge in [-0.05, 0) is 32.1 Å². The minimum Gasteiger partial charge on any atom is -0.481 e. The van der Waals surface area contributed by atoms with Gasteiger partial charge < -0.3 is 9.84 Å². The number of halogens is 1. The lowest BCUT2D eigenvalue weighted by Crippen LogP contribution is -2.39. The fourth-order valence-corrected chi connectivity index (χ4v) is 3.16. The van der Waals surface area contributed by atoms with E-state index in [-0.39, 0.29) is 42.3 Å². The number of rotatable bonds is 4. The number of carboxylic acid groups (broad SMARTS) is 1. The fraction of sp³-hybridized carbons (Fsp3) is 0.562. The van der Waals surface area contributed by atoms with Gasteiger partial charge in [0.25, 0.3) is 0 Å². The highest BCUT2D eigenvalue weighted by molar-refractivity contribution is 6.00. The molecule has 0 aromatic carbocycles. The van der Waals surface area contributed by atoms with Crippen LogP contribution < -0.4 is 10.1 Å². The SMILES string of the molecule is Cl.O=C1CCC(c2cnc(OC3CCC(C(=O)O)CC3)nc2)C(=O)N1. The molecule has 1 aromatic rings. The number of aromatic nitrogens is 2. The van der Waals surface area contributed by atoms with Crippen molar-refractivity contribution in [3.63, 3.8) is 0 Å². The van der Waals surface area contributed by atoms with Gasteiger partial charge in [-0.3, -0.25) is 19.7 Å². The topological polar surface area (TPSA) is 118 Å². The first-order chi connectivity index (χ1) is 11.5. The lowest BCUT2D eigenvalue weighted by Gasteiger charge is -2.26. The van der Waals surface area contributed by atoms with E-state index in [0.29, 0.717) is 44.1 Å². The summed E-state index contributed by atoms with van der Waals surface area (Å²) < 4.78 is 5.70. The number of carbonyl (C=O) groups is 3. The number of nitrogens with zero attached hydrogens (tertiary/aromatic N) is 2. The number of hydrogen-bond donors (Lipinski definition) is 2. The summed E-state index contributed by atoms with van der Waals surface area (Å²) in [6.07, 6.45) is 6.28. The Labute approximate surface area is 150 Å². The summed E-state index contributed by atoms with van der Waals surface area (Å²) in [5.74, 6) is -2.04. The maximum atomic E-state index is 11.8. The lowest BCUT2D eigenvalue weighted by molar-refractivity contribution is -0.143. The highest BCUT2D eigenvalue weighted by atomic mass is 35.5.